The van der Waals surface area contributed by atoms with Crippen molar-refractivity contribution in [3.05, 3.63) is 30.5 Å². The van der Waals surface area contributed by atoms with Gasteiger partial charge in [-0.25, -0.2) is 4.98 Å². The van der Waals surface area contributed by atoms with E-state index in [1.807, 2.05) is 24.3 Å². The molecule has 1 heterocycles. The minimum atomic E-state index is 0.491. The van der Waals surface area contributed by atoms with E-state index in [0.29, 0.717) is 11.5 Å². The molecule has 4 N–H and O–H groups in total. The van der Waals surface area contributed by atoms with Crippen LogP contribution in [0.5, 0.6) is 0 Å². The molecule has 2 rings (SSSR count). The van der Waals surface area contributed by atoms with Crippen LogP contribution in [0, 0.1) is 0 Å². The second-order valence-electron chi connectivity index (χ2n) is 2.64. The molecule has 0 bridgehead atoms. The molecule has 0 atom stereocenters. The van der Waals surface area contributed by atoms with Gasteiger partial charge in [-0.1, -0.05) is 12.1 Å². The molecule has 0 amide bonds. The van der Waals surface area contributed by atoms with Gasteiger partial charge in [0, 0.05) is 17.3 Å². The van der Waals surface area contributed by atoms with Gasteiger partial charge in [-0.2, -0.15) is 0 Å². The monoisotopic (exact) mass is 159 g/mol. The number of nitrogens with two attached hydrogens (primary N) is 2. The zero-order valence-corrected chi connectivity index (χ0v) is 6.49. The summed E-state index contributed by atoms with van der Waals surface area (Å²) >= 11 is 0. The predicted octanol–water partition coefficient (Wildman–Crippen LogP) is 1.40. The average Bonchev–Trinajstić information content (AvgIpc) is 2.04. The maximum atomic E-state index is 5.74. The first kappa shape index (κ1) is 6.91. The lowest BCUT2D eigenvalue weighted by Gasteiger charge is -2.02. The molecule has 0 unspecified atom stereocenters. The Balaban J connectivity index is 2.96. The van der Waals surface area contributed by atoms with Crippen LogP contribution >= 0.6 is 0 Å². The van der Waals surface area contributed by atoms with E-state index in [9.17, 15) is 0 Å². The summed E-state index contributed by atoms with van der Waals surface area (Å²) in [5.74, 6) is 0.491. The second kappa shape index (κ2) is 2.37. The van der Waals surface area contributed by atoms with Crippen molar-refractivity contribution in [1.82, 2.24) is 4.98 Å². The Morgan fingerprint density at radius 2 is 1.92 bits per heavy atom. The van der Waals surface area contributed by atoms with Gasteiger partial charge in [0.15, 0.2) is 0 Å². The van der Waals surface area contributed by atoms with Crippen molar-refractivity contribution in [2.75, 3.05) is 11.5 Å². The number of nitrogens with zero attached hydrogens (tertiary/aromatic N) is 1. The first-order valence-corrected chi connectivity index (χ1v) is 3.68. The van der Waals surface area contributed by atoms with E-state index in [-0.39, 0.29) is 0 Å². The Kier molecular flexibility index (Phi) is 1.37. The summed E-state index contributed by atoms with van der Waals surface area (Å²) in [7, 11) is 0. The molecular formula is C9H9N3. The summed E-state index contributed by atoms with van der Waals surface area (Å²) in [4.78, 5) is 3.97. The zero-order valence-electron chi connectivity index (χ0n) is 6.49. The highest BCUT2D eigenvalue weighted by atomic mass is 14.8. The van der Waals surface area contributed by atoms with E-state index >= 15 is 0 Å². The average molecular weight is 159 g/mol. The van der Waals surface area contributed by atoms with E-state index in [1.165, 1.54) is 0 Å². The number of nitrogen functional groups attached to an aromatic ring is 2. The molecule has 3 nitrogen and oxygen atoms in total. The molecule has 0 aliphatic rings. The van der Waals surface area contributed by atoms with Crippen LogP contribution in [0.2, 0.25) is 0 Å². The molecule has 0 saturated heterocycles. The fraction of sp³-hybridized carbons (Fsp3) is 0. The molecule has 12 heavy (non-hydrogen) atoms. The van der Waals surface area contributed by atoms with E-state index < -0.39 is 0 Å². The van der Waals surface area contributed by atoms with Crippen molar-refractivity contribution < 1.29 is 0 Å². The third-order valence-electron chi connectivity index (χ3n) is 1.85. The molecule has 1 aromatic heterocycles. The third kappa shape index (κ3) is 0.871. The SMILES string of the molecule is Nc1cccc2ccnc(N)c12. The normalized spacial score (nSPS) is 10.3. The minimum Gasteiger partial charge on any atom is -0.398 e. The van der Waals surface area contributed by atoms with Crippen LogP contribution in [0.4, 0.5) is 11.5 Å². The lowest BCUT2D eigenvalue weighted by Crippen LogP contribution is -1.94. The van der Waals surface area contributed by atoms with Crippen LogP contribution in [0.3, 0.4) is 0 Å². The number of pyridine rings is 1. The quantitative estimate of drug-likeness (QED) is 0.571. The Bertz CT molecular complexity index is 386. The summed E-state index contributed by atoms with van der Waals surface area (Å²) in [6.07, 6.45) is 1.68. The molecule has 0 fully saturated rings. The summed E-state index contributed by atoms with van der Waals surface area (Å²) < 4.78 is 0. The minimum absolute atomic E-state index is 0.491. The largest absolute Gasteiger partial charge is 0.398 e. The summed E-state index contributed by atoms with van der Waals surface area (Å²) in [5.41, 5.74) is 12.1. The van der Waals surface area contributed by atoms with Gasteiger partial charge >= 0.3 is 0 Å². The fourth-order valence-electron chi connectivity index (χ4n) is 1.29. The van der Waals surface area contributed by atoms with Crippen LogP contribution in [-0.4, -0.2) is 4.98 Å². The molecule has 0 aliphatic heterocycles. The van der Waals surface area contributed by atoms with E-state index in [2.05, 4.69) is 4.98 Å². The molecule has 60 valence electrons. The molecule has 0 saturated carbocycles. The molecule has 0 aliphatic carbocycles. The molecule has 0 radical (unpaired) electrons. The first-order valence-electron chi connectivity index (χ1n) is 3.68. The zero-order chi connectivity index (χ0) is 8.55. The lowest BCUT2D eigenvalue weighted by molar-refractivity contribution is 1.37. The maximum Gasteiger partial charge on any atom is 0.133 e. The number of hydrogen-bond donors (Lipinski definition) is 2. The molecule has 1 aromatic carbocycles. The number of fused-ring (bicyclic) bond motifs is 1. The van der Waals surface area contributed by atoms with Gasteiger partial charge in [0.25, 0.3) is 0 Å². The van der Waals surface area contributed by atoms with Crippen LogP contribution in [0.15, 0.2) is 30.5 Å². The number of aromatic nitrogens is 1. The van der Waals surface area contributed by atoms with Crippen molar-refractivity contribution in [1.29, 1.82) is 0 Å². The summed E-state index contributed by atoms with van der Waals surface area (Å²) in [6.45, 7) is 0. The van der Waals surface area contributed by atoms with Crippen LogP contribution < -0.4 is 11.5 Å². The van der Waals surface area contributed by atoms with Crippen molar-refractivity contribution in [3.63, 3.8) is 0 Å². The van der Waals surface area contributed by atoms with Crippen molar-refractivity contribution in [2.45, 2.75) is 0 Å². The number of hydrogen-bond acceptors (Lipinski definition) is 3. The van der Waals surface area contributed by atoms with Gasteiger partial charge in [-0.3, -0.25) is 0 Å². The Morgan fingerprint density at radius 3 is 2.67 bits per heavy atom. The van der Waals surface area contributed by atoms with Crippen molar-refractivity contribution >= 4 is 22.3 Å². The molecule has 3 heteroatoms. The van der Waals surface area contributed by atoms with Gasteiger partial charge in [-0.05, 0) is 17.5 Å². The molecular weight excluding hydrogens is 150 g/mol. The Labute approximate surface area is 70.0 Å². The second-order valence-corrected chi connectivity index (χ2v) is 2.64. The van der Waals surface area contributed by atoms with Gasteiger partial charge in [0.05, 0.1) is 0 Å². The standard InChI is InChI=1S/C9H9N3/c10-7-3-1-2-6-4-5-12-9(11)8(6)7/h1-5H,10H2,(H2,11,12). The van der Waals surface area contributed by atoms with Crippen molar-refractivity contribution in [2.24, 2.45) is 0 Å². The smallest absolute Gasteiger partial charge is 0.133 e. The number of rotatable bonds is 0. The van der Waals surface area contributed by atoms with Gasteiger partial charge in [0.2, 0.25) is 0 Å². The van der Waals surface area contributed by atoms with Crippen LogP contribution in [-0.2, 0) is 0 Å². The lowest BCUT2D eigenvalue weighted by atomic mass is 10.1. The molecule has 0 spiro atoms. The van der Waals surface area contributed by atoms with Gasteiger partial charge < -0.3 is 11.5 Å². The van der Waals surface area contributed by atoms with E-state index in [1.54, 1.807) is 6.20 Å². The van der Waals surface area contributed by atoms with Gasteiger partial charge in [-0.15, -0.1) is 0 Å². The predicted molar refractivity (Wildman–Crippen MR) is 50.6 cm³/mol. The Hall–Kier alpha value is -1.77. The summed E-state index contributed by atoms with van der Waals surface area (Å²) in [6, 6.07) is 7.57. The van der Waals surface area contributed by atoms with Crippen LogP contribution in [0.25, 0.3) is 10.8 Å². The fourth-order valence-corrected chi connectivity index (χ4v) is 1.29. The number of anilines is 2. The van der Waals surface area contributed by atoms with Crippen molar-refractivity contribution in [3.8, 4) is 0 Å². The topological polar surface area (TPSA) is 64.9 Å². The first-order chi connectivity index (χ1) is 5.79. The molecule has 2 aromatic rings. The maximum absolute atomic E-state index is 5.74. The van der Waals surface area contributed by atoms with Gasteiger partial charge in [0.1, 0.15) is 5.82 Å². The highest BCUT2D eigenvalue weighted by Crippen LogP contribution is 2.24. The summed E-state index contributed by atoms with van der Waals surface area (Å²) in [5, 5.41) is 1.88. The van der Waals surface area contributed by atoms with E-state index in [4.69, 9.17) is 11.5 Å². The van der Waals surface area contributed by atoms with Crippen LogP contribution in [0.1, 0.15) is 0 Å². The highest BCUT2D eigenvalue weighted by molar-refractivity contribution is 5.99. The Morgan fingerprint density at radius 1 is 1.08 bits per heavy atom. The van der Waals surface area contributed by atoms with E-state index in [0.717, 1.165) is 10.8 Å². The number of benzene rings is 1. The third-order valence-corrected chi connectivity index (χ3v) is 1.85. The highest BCUT2D eigenvalue weighted by Gasteiger charge is 2.00.